The van der Waals surface area contributed by atoms with Crippen molar-refractivity contribution in [1.29, 1.82) is 0 Å². The zero-order chi connectivity index (χ0) is 26.7. The van der Waals surface area contributed by atoms with Gasteiger partial charge in [0, 0.05) is 18.4 Å². The number of alkyl carbamates (subject to hydrolysis) is 1. The molecule has 3 aromatic rings. The molecule has 1 N–H and O–H groups in total. The highest BCUT2D eigenvalue weighted by molar-refractivity contribution is 5.93. The van der Waals surface area contributed by atoms with E-state index >= 15 is 0 Å². The lowest BCUT2D eigenvalue weighted by molar-refractivity contribution is -0.126. The molecule has 1 amide bonds. The summed E-state index contributed by atoms with van der Waals surface area (Å²) in [5, 5.41) is 2.26. The van der Waals surface area contributed by atoms with Crippen molar-refractivity contribution >= 4 is 17.7 Å². The average Bonchev–Trinajstić information content (AvgIpc) is 3.19. The van der Waals surface area contributed by atoms with Crippen LogP contribution in [0.5, 0.6) is 5.75 Å². The maximum Gasteiger partial charge on any atom is 0.407 e. The van der Waals surface area contributed by atoms with Gasteiger partial charge >= 0.3 is 6.09 Å². The maximum absolute atomic E-state index is 13.8. The number of nitrogens with one attached hydrogen (secondary N) is 1. The molecule has 3 aromatic carbocycles. The smallest absolute Gasteiger partial charge is 0.407 e. The summed E-state index contributed by atoms with van der Waals surface area (Å²) in [6.07, 6.45) is -1.47. The van der Waals surface area contributed by atoms with Crippen molar-refractivity contribution in [2.45, 2.75) is 25.3 Å². The molecule has 0 fully saturated rings. The van der Waals surface area contributed by atoms with E-state index in [0.717, 1.165) is 22.3 Å². The van der Waals surface area contributed by atoms with E-state index in [1.54, 1.807) is 0 Å². The number of rotatable bonds is 9. The Bertz CT molecular complexity index is 1310. The van der Waals surface area contributed by atoms with Crippen LogP contribution in [0.25, 0.3) is 11.1 Å². The van der Waals surface area contributed by atoms with Crippen LogP contribution in [-0.2, 0) is 14.3 Å². The summed E-state index contributed by atoms with van der Waals surface area (Å²) < 4.78 is 64.4. The number of Topliss-reactive ketones (excluding diaryl/α,β-unsaturated/α-hetero) is 2. The second-order valence-corrected chi connectivity index (χ2v) is 8.48. The molecule has 0 heterocycles. The molecule has 0 unspecified atom stereocenters. The van der Waals surface area contributed by atoms with E-state index in [1.807, 2.05) is 48.5 Å². The molecule has 0 spiro atoms. The standard InChI is InChI=1S/C27H21F4NO5/c1-14(33)10-22(23(34)13-36-26-24(30)20(28)11-21(29)25(26)31)32-27(35)37-12-19-17-8-4-2-6-15(17)16-7-3-5-9-18(16)19/h2-9,11,19,22H,10,12-13H2,1H3,(H,32,35)/t22-/m0/s1. The van der Waals surface area contributed by atoms with Gasteiger partial charge in [0.2, 0.25) is 11.6 Å². The van der Waals surface area contributed by atoms with Crippen molar-refractivity contribution in [3.8, 4) is 16.9 Å². The zero-order valence-electron chi connectivity index (χ0n) is 19.5. The van der Waals surface area contributed by atoms with E-state index < -0.39 is 65.7 Å². The quantitative estimate of drug-likeness (QED) is 0.318. The van der Waals surface area contributed by atoms with Crippen molar-refractivity contribution in [2.24, 2.45) is 0 Å². The number of amides is 1. The van der Waals surface area contributed by atoms with E-state index in [2.05, 4.69) is 10.1 Å². The molecule has 0 aromatic heterocycles. The van der Waals surface area contributed by atoms with Gasteiger partial charge in [0.15, 0.2) is 23.2 Å². The topological polar surface area (TPSA) is 81.7 Å². The summed E-state index contributed by atoms with van der Waals surface area (Å²) in [5.41, 5.74) is 3.96. The molecule has 1 atom stereocenters. The van der Waals surface area contributed by atoms with Crippen molar-refractivity contribution in [1.82, 2.24) is 5.32 Å². The lowest BCUT2D eigenvalue weighted by Crippen LogP contribution is -2.44. The second kappa shape index (κ2) is 10.8. The fourth-order valence-corrected chi connectivity index (χ4v) is 4.24. The SMILES string of the molecule is CC(=O)C[C@H](NC(=O)OCC1c2ccccc2-c2ccccc21)C(=O)COc1c(F)c(F)cc(F)c1F. The lowest BCUT2D eigenvalue weighted by atomic mass is 9.98. The molecular weight excluding hydrogens is 494 g/mol. The van der Waals surface area contributed by atoms with Crippen LogP contribution >= 0.6 is 0 Å². The fourth-order valence-electron chi connectivity index (χ4n) is 4.24. The number of ketones is 2. The van der Waals surface area contributed by atoms with E-state index in [0.29, 0.717) is 0 Å². The van der Waals surface area contributed by atoms with Crippen LogP contribution in [0.1, 0.15) is 30.4 Å². The molecule has 0 bridgehead atoms. The van der Waals surface area contributed by atoms with E-state index in [9.17, 15) is 31.9 Å². The van der Waals surface area contributed by atoms with Gasteiger partial charge in [-0.05, 0) is 29.2 Å². The number of fused-ring (bicyclic) bond motifs is 3. The van der Waals surface area contributed by atoms with Gasteiger partial charge in [-0.25, -0.2) is 13.6 Å². The predicted octanol–water partition coefficient (Wildman–Crippen LogP) is 5.08. The average molecular weight is 515 g/mol. The molecule has 37 heavy (non-hydrogen) atoms. The first kappa shape index (κ1) is 25.9. The van der Waals surface area contributed by atoms with Crippen LogP contribution in [0.15, 0.2) is 54.6 Å². The van der Waals surface area contributed by atoms with Crippen molar-refractivity contribution in [2.75, 3.05) is 13.2 Å². The third kappa shape index (κ3) is 5.47. The predicted molar refractivity (Wildman–Crippen MR) is 124 cm³/mol. The molecule has 6 nitrogen and oxygen atoms in total. The van der Waals surface area contributed by atoms with Crippen LogP contribution in [0.4, 0.5) is 22.4 Å². The third-order valence-corrected chi connectivity index (χ3v) is 5.95. The Hall–Kier alpha value is -4.21. The molecule has 192 valence electrons. The summed E-state index contributed by atoms with van der Waals surface area (Å²) in [4.78, 5) is 36.8. The number of carbonyl (C=O) groups excluding carboxylic acids is 3. The highest BCUT2D eigenvalue weighted by Gasteiger charge is 2.30. The Morgan fingerprint density at radius 1 is 0.892 bits per heavy atom. The number of halogens is 4. The number of hydrogen-bond donors (Lipinski definition) is 1. The van der Waals surface area contributed by atoms with Crippen molar-refractivity contribution in [3.63, 3.8) is 0 Å². The summed E-state index contributed by atoms with van der Waals surface area (Å²) in [7, 11) is 0. The van der Waals surface area contributed by atoms with Gasteiger partial charge < -0.3 is 14.8 Å². The van der Waals surface area contributed by atoms with Crippen LogP contribution in [-0.4, -0.2) is 36.9 Å². The minimum Gasteiger partial charge on any atom is -0.479 e. The number of hydrogen-bond acceptors (Lipinski definition) is 5. The van der Waals surface area contributed by atoms with Gasteiger partial charge in [-0.1, -0.05) is 48.5 Å². The largest absolute Gasteiger partial charge is 0.479 e. The molecule has 0 radical (unpaired) electrons. The second-order valence-electron chi connectivity index (χ2n) is 8.48. The van der Waals surface area contributed by atoms with Gasteiger partial charge in [0.1, 0.15) is 25.0 Å². The van der Waals surface area contributed by atoms with E-state index in [4.69, 9.17) is 4.74 Å². The van der Waals surface area contributed by atoms with Crippen LogP contribution in [0.2, 0.25) is 0 Å². The fraction of sp³-hybridized carbons (Fsp3) is 0.222. The van der Waals surface area contributed by atoms with E-state index in [1.165, 1.54) is 6.92 Å². The first-order valence-electron chi connectivity index (χ1n) is 11.3. The molecule has 0 saturated heterocycles. The van der Waals surface area contributed by atoms with Gasteiger partial charge in [0.05, 0.1) is 0 Å². The van der Waals surface area contributed by atoms with Gasteiger partial charge in [-0.2, -0.15) is 8.78 Å². The summed E-state index contributed by atoms with van der Waals surface area (Å²) >= 11 is 0. The monoisotopic (exact) mass is 515 g/mol. The van der Waals surface area contributed by atoms with Gasteiger partial charge in [0.25, 0.3) is 0 Å². The first-order chi connectivity index (χ1) is 17.7. The van der Waals surface area contributed by atoms with Gasteiger partial charge in [-0.3, -0.25) is 9.59 Å². The number of benzene rings is 3. The van der Waals surface area contributed by atoms with Crippen LogP contribution in [0.3, 0.4) is 0 Å². The maximum atomic E-state index is 13.8. The Morgan fingerprint density at radius 3 is 1.97 bits per heavy atom. The lowest BCUT2D eigenvalue weighted by Gasteiger charge is -2.19. The Morgan fingerprint density at radius 2 is 1.43 bits per heavy atom. The first-order valence-corrected chi connectivity index (χ1v) is 11.3. The molecule has 1 aliphatic rings. The van der Waals surface area contributed by atoms with E-state index in [-0.39, 0.29) is 18.6 Å². The molecule has 0 saturated carbocycles. The molecule has 0 aliphatic heterocycles. The minimum atomic E-state index is -1.82. The summed E-state index contributed by atoms with van der Waals surface area (Å²) in [6.45, 7) is 0.0382. The highest BCUT2D eigenvalue weighted by atomic mass is 19.2. The molecule has 10 heteroatoms. The molecule has 4 rings (SSSR count). The summed E-state index contributed by atoms with van der Waals surface area (Å²) in [5.74, 6) is -10.2. The minimum absolute atomic E-state index is 0.00337. The Kier molecular flexibility index (Phi) is 7.56. The number of ether oxygens (including phenoxy) is 2. The number of carbonyl (C=O) groups is 3. The van der Waals surface area contributed by atoms with Gasteiger partial charge in [-0.15, -0.1) is 0 Å². The molecular formula is C27H21F4NO5. The Balaban J connectivity index is 1.42. The summed E-state index contributed by atoms with van der Waals surface area (Å²) in [6, 6.07) is 13.9. The highest BCUT2D eigenvalue weighted by Crippen LogP contribution is 2.44. The van der Waals surface area contributed by atoms with Crippen molar-refractivity contribution in [3.05, 3.63) is 89.0 Å². The Labute approximate surface area is 209 Å². The van der Waals surface area contributed by atoms with Crippen molar-refractivity contribution < 1.29 is 41.4 Å². The molecule has 1 aliphatic carbocycles. The van der Waals surface area contributed by atoms with Crippen LogP contribution < -0.4 is 10.1 Å². The zero-order valence-corrected chi connectivity index (χ0v) is 19.5. The van der Waals surface area contributed by atoms with Crippen LogP contribution in [0, 0.1) is 23.3 Å². The third-order valence-electron chi connectivity index (χ3n) is 5.95. The normalized spacial score (nSPS) is 12.9.